The van der Waals surface area contributed by atoms with Crippen molar-refractivity contribution in [3.05, 3.63) is 0 Å². The minimum atomic E-state index is 0.375. The Morgan fingerprint density at radius 3 is 2.14 bits per heavy atom. The second-order valence-corrected chi connectivity index (χ2v) is 2.04. The Morgan fingerprint density at radius 1 is 1.29 bits per heavy atom. The minimum Gasteiger partial charge on any atom is -0.301 e. The molecular formula is C5H11NO. The summed E-state index contributed by atoms with van der Waals surface area (Å²) in [6.07, 6.45) is 5.29. The van der Waals surface area contributed by atoms with Crippen molar-refractivity contribution >= 4 is 0 Å². The van der Waals surface area contributed by atoms with Gasteiger partial charge in [-0.25, -0.2) is 5.90 Å². The number of hydrogen-bond donors (Lipinski definition) is 1. The monoisotopic (exact) mass is 101 g/mol. The lowest BCUT2D eigenvalue weighted by atomic mass is 10.3. The molecule has 0 unspecified atom stereocenters. The molecule has 0 amide bonds. The van der Waals surface area contributed by atoms with Crippen LogP contribution in [0, 0.1) is 0 Å². The summed E-state index contributed by atoms with van der Waals surface area (Å²) in [6.45, 7) is 0. The van der Waals surface area contributed by atoms with Gasteiger partial charge in [0, 0.05) is 0 Å². The molecule has 2 N–H and O–H groups in total. The fourth-order valence-corrected chi connectivity index (χ4v) is 1.02. The summed E-state index contributed by atoms with van der Waals surface area (Å²) in [6, 6.07) is 0. The first-order valence-electron chi connectivity index (χ1n) is 2.79. The fraction of sp³-hybridized carbons (Fsp3) is 1.00. The van der Waals surface area contributed by atoms with Gasteiger partial charge in [0.15, 0.2) is 0 Å². The van der Waals surface area contributed by atoms with Crippen molar-refractivity contribution in [2.45, 2.75) is 31.8 Å². The van der Waals surface area contributed by atoms with Crippen molar-refractivity contribution in [3.63, 3.8) is 0 Å². The van der Waals surface area contributed by atoms with E-state index in [1.54, 1.807) is 0 Å². The highest BCUT2D eigenvalue weighted by Crippen LogP contribution is 2.18. The first-order valence-corrected chi connectivity index (χ1v) is 2.79. The molecule has 0 radical (unpaired) electrons. The van der Waals surface area contributed by atoms with Gasteiger partial charge in [-0.1, -0.05) is 12.8 Å². The van der Waals surface area contributed by atoms with Gasteiger partial charge in [-0.3, -0.25) is 0 Å². The minimum absolute atomic E-state index is 0.375. The van der Waals surface area contributed by atoms with Crippen molar-refractivity contribution in [3.8, 4) is 0 Å². The Morgan fingerprint density at radius 2 is 1.86 bits per heavy atom. The van der Waals surface area contributed by atoms with E-state index >= 15 is 0 Å². The van der Waals surface area contributed by atoms with Gasteiger partial charge in [0.25, 0.3) is 0 Å². The van der Waals surface area contributed by atoms with Crippen LogP contribution < -0.4 is 5.90 Å². The third-order valence-corrected chi connectivity index (χ3v) is 1.49. The van der Waals surface area contributed by atoms with Crippen LogP contribution >= 0.6 is 0 Å². The topological polar surface area (TPSA) is 35.2 Å². The molecule has 1 rings (SSSR count). The maximum Gasteiger partial charge on any atom is 0.0787 e. The molecule has 0 aliphatic heterocycles. The van der Waals surface area contributed by atoms with E-state index in [2.05, 4.69) is 4.84 Å². The molecule has 1 aliphatic carbocycles. The van der Waals surface area contributed by atoms with E-state index in [4.69, 9.17) is 5.90 Å². The summed E-state index contributed by atoms with van der Waals surface area (Å²) in [5, 5.41) is 0. The van der Waals surface area contributed by atoms with Crippen LogP contribution in [0.2, 0.25) is 0 Å². The predicted molar refractivity (Wildman–Crippen MR) is 27.5 cm³/mol. The molecule has 0 aromatic rings. The normalized spacial score (nSPS) is 23.6. The molecule has 0 bridgehead atoms. The van der Waals surface area contributed by atoms with E-state index in [9.17, 15) is 0 Å². The summed E-state index contributed by atoms with van der Waals surface area (Å²) in [4.78, 5) is 4.61. The lowest BCUT2D eigenvalue weighted by molar-refractivity contribution is 0.0588. The van der Waals surface area contributed by atoms with E-state index in [1.807, 2.05) is 0 Å². The highest BCUT2D eigenvalue weighted by atomic mass is 16.6. The summed E-state index contributed by atoms with van der Waals surface area (Å²) >= 11 is 0. The van der Waals surface area contributed by atoms with Gasteiger partial charge in [0.2, 0.25) is 0 Å². The first-order chi connectivity index (χ1) is 3.43. The van der Waals surface area contributed by atoms with Crippen molar-refractivity contribution in [1.82, 2.24) is 0 Å². The Bertz CT molecular complexity index is 50.0. The van der Waals surface area contributed by atoms with Gasteiger partial charge >= 0.3 is 0 Å². The Balaban J connectivity index is 2.14. The van der Waals surface area contributed by atoms with Gasteiger partial charge in [0.05, 0.1) is 6.10 Å². The quantitative estimate of drug-likeness (QED) is 0.496. The smallest absolute Gasteiger partial charge is 0.0787 e. The standard InChI is InChI=1S/C5H11NO/c6-7-5-3-1-2-4-5/h5H,1-4,6H2. The fourth-order valence-electron chi connectivity index (χ4n) is 1.02. The molecule has 0 aromatic heterocycles. The van der Waals surface area contributed by atoms with E-state index in [1.165, 1.54) is 12.8 Å². The van der Waals surface area contributed by atoms with Crippen LogP contribution in [-0.4, -0.2) is 6.10 Å². The van der Waals surface area contributed by atoms with Gasteiger partial charge in [0.1, 0.15) is 0 Å². The maximum atomic E-state index is 4.93. The Hall–Kier alpha value is -0.0800. The SMILES string of the molecule is NOC1CCCC1. The molecule has 0 spiro atoms. The van der Waals surface area contributed by atoms with E-state index in [-0.39, 0.29) is 0 Å². The third kappa shape index (κ3) is 1.14. The molecule has 2 nitrogen and oxygen atoms in total. The number of rotatable bonds is 1. The molecule has 0 atom stereocenters. The van der Waals surface area contributed by atoms with Crippen LogP contribution in [0.5, 0.6) is 0 Å². The summed E-state index contributed by atoms with van der Waals surface area (Å²) in [7, 11) is 0. The molecule has 0 saturated heterocycles. The summed E-state index contributed by atoms with van der Waals surface area (Å²) in [5.74, 6) is 4.93. The highest BCUT2D eigenvalue weighted by molar-refractivity contribution is 4.64. The van der Waals surface area contributed by atoms with Crippen LogP contribution in [0.1, 0.15) is 25.7 Å². The van der Waals surface area contributed by atoms with Gasteiger partial charge in [-0.2, -0.15) is 0 Å². The first kappa shape index (κ1) is 5.06. The average molecular weight is 101 g/mol. The average Bonchev–Trinajstić information content (AvgIpc) is 2.14. The summed E-state index contributed by atoms with van der Waals surface area (Å²) < 4.78 is 0. The zero-order valence-electron chi connectivity index (χ0n) is 4.39. The number of nitrogens with two attached hydrogens (primary N) is 1. The zero-order valence-corrected chi connectivity index (χ0v) is 4.39. The second-order valence-electron chi connectivity index (χ2n) is 2.04. The van der Waals surface area contributed by atoms with Crippen LogP contribution in [0.25, 0.3) is 0 Å². The summed E-state index contributed by atoms with van der Waals surface area (Å²) in [5.41, 5.74) is 0. The zero-order chi connectivity index (χ0) is 5.11. The lowest BCUT2D eigenvalue weighted by Crippen LogP contribution is -2.11. The van der Waals surface area contributed by atoms with Crippen molar-refractivity contribution in [2.24, 2.45) is 5.90 Å². The van der Waals surface area contributed by atoms with E-state index < -0.39 is 0 Å². The van der Waals surface area contributed by atoms with E-state index in [0.717, 1.165) is 12.8 Å². The van der Waals surface area contributed by atoms with Gasteiger partial charge in [-0.15, -0.1) is 0 Å². The molecule has 0 aromatic carbocycles. The molecule has 7 heavy (non-hydrogen) atoms. The Labute approximate surface area is 43.6 Å². The van der Waals surface area contributed by atoms with Crippen molar-refractivity contribution in [2.75, 3.05) is 0 Å². The lowest BCUT2D eigenvalue weighted by Gasteiger charge is -2.01. The van der Waals surface area contributed by atoms with Crippen LogP contribution in [-0.2, 0) is 4.84 Å². The molecular weight excluding hydrogens is 90.1 g/mol. The number of hydrogen-bond acceptors (Lipinski definition) is 2. The van der Waals surface area contributed by atoms with Crippen LogP contribution in [0.4, 0.5) is 0 Å². The van der Waals surface area contributed by atoms with Gasteiger partial charge in [-0.05, 0) is 12.8 Å². The largest absolute Gasteiger partial charge is 0.301 e. The molecule has 1 aliphatic rings. The highest BCUT2D eigenvalue weighted by Gasteiger charge is 2.13. The Kier molecular flexibility index (Phi) is 1.65. The van der Waals surface area contributed by atoms with E-state index in [0.29, 0.717) is 6.10 Å². The predicted octanol–water partition coefficient (Wildman–Crippen LogP) is 0.819. The maximum absolute atomic E-state index is 4.93. The molecule has 2 heteroatoms. The molecule has 1 saturated carbocycles. The van der Waals surface area contributed by atoms with Crippen LogP contribution in [0.15, 0.2) is 0 Å². The van der Waals surface area contributed by atoms with Crippen molar-refractivity contribution < 1.29 is 4.84 Å². The second kappa shape index (κ2) is 2.28. The van der Waals surface area contributed by atoms with Gasteiger partial charge < -0.3 is 4.84 Å². The molecule has 42 valence electrons. The van der Waals surface area contributed by atoms with Crippen LogP contribution in [0.3, 0.4) is 0 Å². The molecule has 1 fully saturated rings. The third-order valence-electron chi connectivity index (χ3n) is 1.49. The molecule has 0 heterocycles. The van der Waals surface area contributed by atoms with Crippen molar-refractivity contribution in [1.29, 1.82) is 0 Å².